The smallest absolute Gasteiger partial charge is 0.255 e. The molecule has 6 heteroatoms. The number of aryl methyl sites for hydroxylation is 2. The number of hydrogen-bond acceptors (Lipinski definition) is 2. The SMILES string of the molecule is Cc1ccc(NC(=O)c2cccc(C(=O)Nc3ccc(F)cc3F)c2)cc1C. The molecule has 0 saturated carbocycles. The molecule has 4 nitrogen and oxygen atoms in total. The largest absolute Gasteiger partial charge is 0.322 e. The van der Waals surface area contributed by atoms with Gasteiger partial charge in [-0.25, -0.2) is 8.78 Å². The fraction of sp³-hybridized carbons (Fsp3) is 0.0909. The molecule has 0 aliphatic heterocycles. The molecule has 0 radical (unpaired) electrons. The van der Waals surface area contributed by atoms with Gasteiger partial charge in [0.1, 0.15) is 11.6 Å². The molecule has 0 unspecified atom stereocenters. The first-order chi connectivity index (χ1) is 13.3. The van der Waals surface area contributed by atoms with Crippen LogP contribution in [0.5, 0.6) is 0 Å². The number of benzene rings is 3. The van der Waals surface area contributed by atoms with Crippen molar-refractivity contribution in [3.8, 4) is 0 Å². The van der Waals surface area contributed by atoms with Gasteiger partial charge in [0.25, 0.3) is 11.8 Å². The average molecular weight is 380 g/mol. The minimum Gasteiger partial charge on any atom is -0.322 e. The molecule has 0 spiro atoms. The van der Waals surface area contributed by atoms with Crippen molar-refractivity contribution in [3.63, 3.8) is 0 Å². The summed E-state index contributed by atoms with van der Waals surface area (Å²) in [5.74, 6) is -2.59. The van der Waals surface area contributed by atoms with Gasteiger partial charge >= 0.3 is 0 Å². The van der Waals surface area contributed by atoms with Crippen LogP contribution in [0.4, 0.5) is 20.2 Å². The van der Waals surface area contributed by atoms with Gasteiger partial charge in [-0.1, -0.05) is 12.1 Å². The van der Waals surface area contributed by atoms with E-state index in [0.29, 0.717) is 11.8 Å². The molecule has 142 valence electrons. The highest BCUT2D eigenvalue weighted by Crippen LogP contribution is 2.18. The molecule has 3 rings (SSSR count). The summed E-state index contributed by atoms with van der Waals surface area (Å²) >= 11 is 0. The highest BCUT2D eigenvalue weighted by atomic mass is 19.1. The van der Waals surface area contributed by atoms with E-state index in [1.54, 1.807) is 18.2 Å². The van der Waals surface area contributed by atoms with Gasteiger partial charge in [-0.2, -0.15) is 0 Å². The third-order valence-corrected chi connectivity index (χ3v) is 4.33. The fourth-order valence-electron chi connectivity index (χ4n) is 2.61. The van der Waals surface area contributed by atoms with E-state index in [4.69, 9.17) is 0 Å². The van der Waals surface area contributed by atoms with E-state index in [-0.39, 0.29) is 22.7 Å². The molecule has 0 atom stereocenters. The molecule has 2 amide bonds. The van der Waals surface area contributed by atoms with Crippen LogP contribution in [0, 0.1) is 25.5 Å². The lowest BCUT2D eigenvalue weighted by Crippen LogP contribution is -2.16. The minimum absolute atomic E-state index is 0.142. The van der Waals surface area contributed by atoms with Crippen molar-refractivity contribution in [1.82, 2.24) is 0 Å². The molecule has 0 heterocycles. The van der Waals surface area contributed by atoms with Crippen molar-refractivity contribution in [2.45, 2.75) is 13.8 Å². The van der Waals surface area contributed by atoms with Crippen molar-refractivity contribution in [3.05, 3.63) is 94.6 Å². The fourth-order valence-corrected chi connectivity index (χ4v) is 2.61. The van der Waals surface area contributed by atoms with E-state index in [1.165, 1.54) is 12.1 Å². The van der Waals surface area contributed by atoms with Crippen LogP contribution in [0.2, 0.25) is 0 Å². The van der Waals surface area contributed by atoms with Gasteiger partial charge < -0.3 is 10.6 Å². The number of halogens is 2. The zero-order valence-electron chi connectivity index (χ0n) is 15.3. The number of hydrogen-bond donors (Lipinski definition) is 2. The maximum atomic E-state index is 13.7. The summed E-state index contributed by atoms with van der Waals surface area (Å²) in [6, 6.07) is 14.5. The van der Waals surface area contributed by atoms with E-state index in [9.17, 15) is 18.4 Å². The topological polar surface area (TPSA) is 58.2 Å². The third-order valence-electron chi connectivity index (χ3n) is 4.33. The molecule has 0 aromatic heterocycles. The van der Waals surface area contributed by atoms with Crippen LogP contribution in [0.3, 0.4) is 0 Å². The van der Waals surface area contributed by atoms with E-state index < -0.39 is 17.5 Å². The third kappa shape index (κ3) is 4.40. The van der Waals surface area contributed by atoms with Gasteiger partial charge in [-0.05, 0) is 67.4 Å². The molecule has 0 bridgehead atoms. The van der Waals surface area contributed by atoms with Crippen molar-refractivity contribution in [1.29, 1.82) is 0 Å². The van der Waals surface area contributed by atoms with Crippen LogP contribution >= 0.6 is 0 Å². The predicted octanol–water partition coefficient (Wildman–Crippen LogP) is 5.09. The Balaban J connectivity index is 1.76. The van der Waals surface area contributed by atoms with Gasteiger partial charge in [-0.3, -0.25) is 9.59 Å². The molecule has 0 aliphatic carbocycles. The van der Waals surface area contributed by atoms with Crippen LogP contribution < -0.4 is 10.6 Å². The zero-order chi connectivity index (χ0) is 20.3. The average Bonchev–Trinajstić information content (AvgIpc) is 2.67. The van der Waals surface area contributed by atoms with Crippen LogP contribution in [-0.4, -0.2) is 11.8 Å². The molecule has 0 saturated heterocycles. The molecule has 28 heavy (non-hydrogen) atoms. The Bertz CT molecular complexity index is 1060. The Morgan fingerprint density at radius 3 is 2.07 bits per heavy atom. The summed E-state index contributed by atoms with van der Waals surface area (Å²) in [5.41, 5.74) is 3.13. The summed E-state index contributed by atoms with van der Waals surface area (Å²) in [6.45, 7) is 3.93. The normalized spacial score (nSPS) is 10.4. The predicted molar refractivity (Wildman–Crippen MR) is 105 cm³/mol. The zero-order valence-corrected chi connectivity index (χ0v) is 15.3. The second-order valence-corrected chi connectivity index (χ2v) is 6.41. The van der Waals surface area contributed by atoms with Crippen LogP contribution in [0.1, 0.15) is 31.8 Å². The Kier molecular flexibility index (Phi) is 5.49. The van der Waals surface area contributed by atoms with E-state index in [0.717, 1.165) is 23.3 Å². The molecule has 3 aromatic carbocycles. The van der Waals surface area contributed by atoms with Crippen molar-refractivity contribution in [2.24, 2.45) is 0 Å². The van der Waals surface area contributed by atoms with Gasteiger partial charge in [0.15, 0.2) is 0 Å². The van der Waals surface area contributed by atoms with Crippen LogP contribution in [0.15, 0.2) is 60.7 Å². The number of amides is 2. The second-order valence-electron chi connectivity index (χ2n) is 6.41. The van der Waals surface area contributed by atoms with Gasteiger partial charge in [0, 0.05) is 22.9 Å². The highest BCUT2D eigenvalue weighted by Gasteiger charge is 2.13. The lowest BCUT2D eigenvalue weighted by Gasteiger charge is -2.10. The van der Waals surface area contributed by atoms with Crippen molar-refractivity contribution >= 4 is 23.2 Å². The monoisotopic (exact) mass is 380 g/mol. The molecule has 0 aliphatic rings. The van der Waals surface area contributed by atoms with Crippen molar-refractivity contribution in [2.75, 3.05) is 10.6 Å². The first-order valence-electron chi connectivity index (χ1n) is 8.58. The summed E-state index contributed by atoms with van der Waals surface area (Å²) in [7, 11) is 0. The Hall–Kier alpha value is -3.54. The quantitative estimate of drug-likeness (QED) is 0.663. The van der Waals surface area contributed by atoms with Crippen molar-refractivity contribution < 1.29 is 18.4 Å². The Labute approximate surface area is 161 Å². The highest BCUT2D eigenvalue weighted by molar-refractivity contribution is 6.08. The molecule has 3 aromatic rings. The maximum absolute atomic E-state index is 13.7. The van der Waals surface area contributed by atoms with Gasteiger partial charge in [-0.15, -0.1) is 0 Å². The van der Waals surface area contributed by atoms with Crippen LogP contribution in [-0.2, 0) is 0 Å². The summed E-state index contributed by atoms with van der Waals surface area (Å²) < 4.78 is 26.7. The number of carbonyl (C=O) groups excluding carboxylic acids is 2. The van der Waals surface area contributed by atoms with Crippen LogP contribution in [0.25, 0.3) is 0 Å². The lowest BCUT2D eigenvalue weighted by molar-refractivity contribution is 0.102. The standard InChI is InChI=1S/C22H18F2N2O2/c1-13-6-8-18(10-14(13)2)25-21(27)15-4-3-5-16(11-15)22(28)26-20-9-7-17(23)12-19(20)24/h3-12H,1-2H3,(H,25,27)(H,26,28). The first-order valence-corrected chi connectivity index (χ1v) is 8.58. The number of nitrogens with one attached hydrogen (secondary N) is 2. The Morgan fingerprint density at radius 2 is 1.43 bits per heavy atom. The van der Waals surface area contributed by atoms with E-state index in [2.05, 4.69) is 10.6 Å². The van der Waals surface area contributed by atoms with Gasteiger partial charge in [0.2, 0.25) is 0 Å². The number of rotatable bonds is 4. The van der Waals surface area contributed by atoms with E-state index >= 15 is 0 Å². The molecule has 0 fully saturated rings. The molecule has 2 N–H and O–H groups in total. The Morgan fingerprint density at radius 1 is 0.750 bits per heavy atom. The summed E-state index contributed by atoms with van der Waals surface area (Å²) in [4.78, 5) is 24.9. The first kappa shape index (κ1) is 19.2. The molecular weight excluding hydrogens is 362 g/mol. The van der Waals surface area contributed by atoms with E-state index in [1.807, 2.05) is 26.0 Å². The number of carbonyl (C=O) groups is 2. The second kappa shape index (κ2) is 8.00. The van der Waals surface area contributed by atoms with Gasteiger partial charge in [0.05, 0.1) is 5.69 Å². The molecular formula is C22H18F2N2O2. The number of anilines is 2. The minimum atomic E-state index is -0.878. The summed E-state index contributed by atoms with van der Waals surface area (Å²) in [6.07, 6.45) is 0. The maximum Gasteiger partial charge on any atom is 0.255 e. The summed E-state index contributed by atoms with van der Waals surface area (Å²) in [5, 5.41) is 5.16. The lowest BCUT2D eigenvalue weighted by atomic mass is 10.1.